The number of aromatic nitrogens is 4. The number of aryl methyl sites for hydroxylation is 1. The number of carbonyl (C=O) groups is 1. The average Bonchev–Trinajstić information content (AvgIpc) is 3.41. The van der Waals surface area contributed by atoms with E-state index in [1.54, 1.807) is 11.3 Å². The van der Waals surface area contributed by atoms with Gasteiger partial charge in [0.05, 0.1) is 29.3 Å². The fraction of sp³-hybridized carbons (Fsp3) is 0.250. The molecule has 1 aromatic carbocycles. The molecule has 0 aliphatic heterocycles. The minimum Gasteiger partial charge on any atom is -0.343 e. The van der Waals surface area contributed by atoms with E-state index >= 15 is 0 Å². The van der Waals surface area contributed by atoms with E-state index in [9.17, 15) is 4.79 Å². The van der Waals surface area contributed by atoms with E-state index in [4.69, 9.17) is 0 Å². The first-order chi connectivity index (χ1) is 13.2. The van der Waals surface area contributed by atoms with Crippen LogP contribution in [-0.4, -0.2) is 25.7 Å². The Hall–Kier alpha value is -2.93. The maximum atomic E-state index is 12.6. The predicted molar refractivity (Wildman–Crippen MR) is 107 cm³/mol. The lowest BCUT2D eigenvalue weighted by Crippen LogP contribution is -2.27. The summed E-state index contributed by atoms with van der Waals surface area (Å²) < 4.78 is 2.12. The van der Waals surface area contributed by atoms with Gasteiger partial charge < -0.3 is 9.88 Å². The summed E-state index contributed by atoms with van der Waals surface area (Å²) in [6, 6.07) is 13.9. The quantitative estimate of drug-likeness (QED) is 0.530. The Kier molecular flexibility index (Phi) is 4.77. The smallest absolute Gasteiger partial charge is 0.272 e. The Bertz CT molecular complexity index is 1060. The lowest BCUT2D eigenvalue weighted by atomic mass is 10.2. The molecule has 1 atom stereocenters. The Morgan fingerprint density at radius 1 is 1.30 bits per heavy atom. The van der Waals surface area contributed by atoms with Crippen LogP contribution in [-0.2, 0) is 6.54 Å². The molecule has 0 radical (unpaired) electrons. The number of fused-ring (bicyclic) bond motifs is 1. The van der Waals surface area contributed by atoms with Crippen molar-refractivity contribution in [3.05, 3.63) is 69.9 Å². The third-order valence-electron chi connectivity index (χ3n) is 4.64. The van der Waals surface area contributed by atoms with Gasteiger partial charge >= 0.3 is 0 Å². The molecular formula is C20H21N5OS. The maximum Gasteiger partial charge on any atom is 0.272 e. The van der Waals surface area contributed by atoms with Gasteiger partial charge in [-0.1, -0.05) is 25.1 Å². The minimum atomic E-state index is -0.162. The van der Waals surface area contributed by atoms with Gasteiger partial charge in [0.15, 0.2) is 0 Å². The lowest BCUT2D eigenvalue weighted by Gasteiger charge is -2.14. The van der Waals surface area contributed by atoms with E-state index in [2.05, 4.69) is 32.0 Å². The fourth-order valence-electron chi connectivity index (χ4n) is 3.22. The summed E-state index contributed by atoms with van der Waals surface area (Å²) in [5.41, 5.74) is 3.31. The molecule has 0 unspecified atom stereocenters. The van der Waals surface area contributed by atoms with Gasteiger partial charge in [-0.15, -0.1) is 11.3 Å². The summed E-state index contributed by atoms with van der Waals surface area (Å²) in [7, 11) is 0. The standard InChI is InChI=1S/C20H21N5OS/c1-3-15(19-9-6-10-27-19)22-20(26)17-11-14(23-24-17)12-25-13(2)21-16-7-4-5-8-18(16)25/h4-11,15H,3,12H2,1-2H3,(H,22,26)(H,23,24)/t15-/m1/s1. The van der Waals surface area contributed by atoms with Gasteiger partial charge in [-0.2, -0.15) is 5.10 Å². The van der Waals surface area contributed by atoms with Crippen molar-refractivity contribution in [2.45, 2.75) is 32.9 Å². The number of carbonyl (C=O) groups excluding carboxylic acids is 1. The van der Waals surface area contributed by atoms with Crippen molar-refractivity contribution in [2.24, 2.45) is 0 Å². The van der Waals surface area contributed by atoms with Gasteiger partial charge in [0, 0.05) is 4.88 Å². The van der Waals surface area contributed by atoms with E-state index in [0.717, 1.165) is 33.8 Å². The Labute approximate surface area is 161 Å². The van der Waals surface area contributed by atoms with Gasteiger partial charge in [0.2, 0.25) is 0 Å². The van der Waals surface area contributed by atoms with Crippen molar-refractivity contribution in [3.8, 4) is 0 Å². The van der Waals surface area contributed by atoms with Crippen LogP contribution in [0.3, 0.4) is 0 Å². The first-order valence-electron chi connectivity index (χ1n) is 8.96. The highest BCUT2D eigenvalue weighted by Gasteiger charge is 2.17. The van der Waals surface area contributed by atoms with Crippen molar-refractivity contribution in [3.63, 3.8) is 0 Å². The first-order valence-corrected chi connectivity index (χ1v) is 9.84. The largest absolute Gasteiger partial charge is 0.343 e. The van der Waals surface area contributed by atoms with Crippen LogP contribution in [0.1, 0.15) is 46.3 Å². The van der Waals surface area contributed by atoms with Crippen LogP contribution in [0.2, 0.25) is 0 Å². The predicted octanol–water partition coefficient (Wildman–Crippen LogP) is 4.06. The zero-order chi connectivity index (χ0) is 18.8. The topological polar surface area (TPSA) is 75.6 Å². The number of aromatic amines is 1. The number of H-pyrrole nitrogens is 1. The highest BCUT2D eigenvalue weighted by atomic mass is 32.1. The zero-order valence-electron chi connectivity index (χ0n) is 15.3. The molecule has 4 aromatic rings. The third-order valence-corrected chi connectivity index (χ3v) is 5.62. The summed E-state index contributed by atoms with van der Waals surface area (Å²) in [6.45, 7) is 4.64. The summed E-state index contributed by atoms with van der Waals surface area (Å²) in [4.78, 5) is 18.3. The van der Waals surface area contributed by atoms with Crippen molar-refractivity contribution in [2.75, 3.05) is 0 Å². The molecule has 3 heterocycles. The molecule has 27 heavy (non-hydrogen) atoms. The highest BCUT2D eigenvalue weighted by Crippen LogP contribution is 2.22. The van der Waals surface area contributed by atoms with Crippen molar-refractivity contribution >= 4 is 28.3 Å². The molecule has 0 spiro atoms. The molecule has 2 N–H and O–H groups in total. The van der Waals surface area contributed by atoms with Crippen LogP contribution in [0.25, 0.3) is 11.0 Å². The molecule has 0 saturated heterocycles. The Morgan fingerprint density at radius 2 is 2.15 bits per heavy atom. The molecule has 138 valence electrons. The molecule has 0 bridgehead atoms. The summed E-state index contributed by atoms with van der Waals surface area (Å²) >= 11 is 1.65. The molecule has 0 aliphatic rings. The van der Waals surface area contributed by atoms with Gasteiger partial charge in [0.1, 0.15) is 11.5 Å². The van der Waals surface area contributed by atoms with Gasteiger partial charge in [-0.25, -0.2) is 4.98 Å². The van der Waals surface area contributed by atoms with E-state index in [-0.39, 0.29) is 11.9 Å². The first kappa shape index (κ1) is 17.5. The van der Waals surface area contributed by atoms with Crippen LogP contribution in [0, 0.1) is 6.92 Å². The van der Waals surface area contributed by atoms with Crippen molar-refractivity contribution < 1.29 is 4.79 Å². The second kappa shape index (κ2) is 7.36. The maximum absolute atomic E-state index is 12.6. The second-order valence-electron chi connectivity index (χ2n) is 6.46. The molecule has 0 fully saturated rings. The molecule has 0 aliphatic carbocycles. The monoisotopic (exact) mass is 379 g/mol. The molecule has 4 rings (SSSR count). The zero-order valence-corrected chi connectivity index (χ0v) is 16.1. The van der Waals surface area contributed by atoms with Crippen LogP contribution in [0.4, 0.5) is 0 Å². The van der Waals surface area contributed by atoms with Crippen LogP contribution >= 0.6 is 11.3 Å². The number of para-hydroxylation sites is 2. The average molecular weight is 379 g/mol. The molecule has 1 amide bonds. The van der Waals surface area contributed by atoms with Gasteiger partial charge in [0.25, 0.3) is 5.91 Å². The van der Waals surface area contributed by atoms with Crippen LogP contribution in [0.15, 0.2) is 47.8 Å². The van der Waals surface area contributed by atoms with Crippen molar-refractivity contribution in [1.82, 2.24) is 25.1 Å². The number of benzene rings is 1. The van der Waals surface area contributed by atoms with Gasteiger partial charge in [-0.05, 0) is 43.0 Å². The summed E-state index contributed by atoms with van der Waals surface area (Å²) in [6.07, 6.45) is 0.837. The SMILES string of the molecule is CC[C@@H](NC(=O)c1cc(Cn2c(C)nc3ccccc32)[nH]n1)c1cccs1. The van der Waals surface area contributed by atoms with Crippen molar-refractivity contribution in [1.29, 1.82) is 0 Å². The summed E-state index contributed by atoms with van der Waals surface area (Å²) in [5, 5.41) is 12.3. The second-order valence-corrected chi connectivity index (χ2v) is 7.44. The summed E-state index contributed by atoms with van der Waals surface area (Å²) in [5.74, 6) is 0.769. The number of nitrogens with zero attached hydrogens (tertiary/aromatic N) is 3. The number of hydrogen-bond acceptors (Lipinski definition) is 4. The highest BCUT2D eigenvalue weighted by molar-refractivity contribution is 7.10. The van der Waals surface area contributed by atoms with Crippen LogP contribution < -0.4 is 5.32 Å². The Balaban J connectivity index is 1.51. The van der Waals surface area contributed by atoms with E-state index in [1.165, 1.54) is 0 Å². The van der Waals surface area contributed by atoms with Gasteiger partial charge in [-0.3, -0.25) is 9.89 Å². The van der Waals surface area contributed by atoms with E-state index in [0.29, 0.717) is 12.2 Å². The number of rotatable bonds is 6. The number of hydrogen-bond donors (Lipinski definition) is 2. The lowest BCUT2D eigenvalue weighted by molar-refractivity contribution is 0.0931. The normalized spacial score (nSPS) is 12.4. The molecule has 6 nitrogen and oxygen atoms in total. The molecule has 7 heteroatoms. The third kappa shape index (κ3) is 3.50. The number of imidazole rings is 1. The number of thiophene rings is 1. The molecule has 3 aromatic heterocycles. The minimum absolute atomic E-state index is 0.0116. The number of nitrogens with one attached hydrogen (secondary N) is 2. The Morgan fingerprint density at radius 3 is 2.93 bits per heavy atom. The molecule has 0 saturated carbocycles. The molecular weight excluding hydrogens is 358 g/mol. The fourth-order valence-corrected chi connectivity index (χ4v) is 4.08. The number of amides is 1. The van der Waals surface area contributed by atoms with Crippen LogP contribution in [0.5, 0.6) is 0 Å². The van der Waals surface area contributed by atoms with E-state index < -0.39 is 0 Å². The van der Waals surface area contributed by atoms with E-state index in [1.807, 2.05) is 54.8 Å².